The molecule has 9 heteroatoms. The van der Waals surface area contributed by atoms with Crippen LogP contribution >= 0.6 is 0 Å². The first-order valence-electron chi connectivity index (χ1n) is 15.8. The maximum absolute atomic E-state index is 10.2. The third-order valence-corrected chi connectivity index (χ3v) is 9.25. The molecule has 0 saturated carbocycles. The second-order valence-corrected chi connectivity index (χ2v) is 12.1. The summed E-state index contributed by atoms with van der Waals surface area (Å²) in [6, 6.07) is 20.0. The predicted octanol–water partition coefficient (Wildman–Crippen LogP) is 4.55. The van der Waals surface area contributed by atoms with E-state index in [-0.39, 0.29) is 48.6 Å². The standard InChI is InChI=1S/C18H28O4.C17H26O5/c1-5-15(19)16-12(2)13(3)17(18(20-4)22-16)21-11-14-9-7-6-8-10-14;1-11-12(2)16(21-10-13-7-5-4-6-8-13)17(20-3)22-15(11)14(19)9-18/h6-10,12-13,15-19H,5,11H2,1-4H3;4-8,11-12,14-19H,9-10H2,1-3H3/t12-,13?,15?,16?,17-,18-;11-,12?,14?,15?,16-,17-/m00/s1. The highest BCUT2D eigenvalue weighted by atomic mass is 16.7. The molecule has 0 aliphatic carbocycles. The number of rotatable bonds is 12. The zero-order valence-electron chi connectivity index (χ0n) is 27.3. The van der Waals surface area contributed by atoms with Gasteiger partial charge in [0.15, 0.2) is 12.6 Å². The molecule has 2 aromatic carbocycles. The molecule has 0 amide bonds. The second-order valence-electron chi connectivity index (χ2n) is 12.1. The Morgan fingerprint density at radius 1 is 0.636 bits per heavy atom. The van der Waals surface area contributed by atoms with Gasteiger partial charge in [0.25, 0.3) is 0 Å². The van der Waals surface area contributed by atoms with E-state index < -0.39 is 30.9 Å². The summed E-state index contributed by atoms with van der Waals surface area (Å²) in [4.78, 5) is 0. The van der Waals surface area contributed by atoms with Crippen molar-refractivity contribution < 1.29 is 43.7 Å². The van der Waals surface area contributed by atoms with Gasteiger partial charge in [-0.1, -0.05) is 95.3 Å². The molecule has 0 radical (unpaired) electrons. The van der Waals surface area contributed by atoms with Gasteiger partial charge in [-0.15, -0.1) is 0 Å². The van der Waals surface area contributed by atoms with Crippen molar-refractivity contribution in [1.82, 2.24) is 0 Å². The van der Waals surface area contributed by atoms with Gasteiger partial charge in [-0.05, 0) is 41.2 Å². The summed E-state index contributed by atoms with van der Waals surface area (Å²) < 4.78 is 34.8. The number of hydrogen-bond acceptors (Lipinski definition) is 9. The zero-order valence-corrected chi connectivity index (χ0v) is 27.3. The van der Waals surface area contributed by atoms with Crippen molar-refractivity contribution in [1.29, 1.82) is 0 Å². The molecule has 2 saturated heterocycles. The summed E-state index contributed by atoms with van der Waals surface area (Å²) in [5, 5.41) is 29.2. The molecule has 0 bridgehead atoms. The van der Waals surface area contributed by atoms with Gasteiger partial charge >= 0.3 is 0 Å². The van der Waals surface area contributed by atoms with E-state index in [4.69, 9.17) is 33.5 Å². The molecule has 4 rings (SSSR count). The number of methoxy groups -OCH3 is 2. The van der Waals surface area contributed by atoms with Crippen LogP contribution in [-0.2, 0) is 41.6 Å². The van der Waals surface area contributed by atoms with E-state index in [0.29, 0.717) is 19.6 Å². The maximum Gasteiger partial charge on any atom is 0.184 e. The van der Waals surface area contributed by atoms with Crippen molar-refractivity contribution >= 4 is 0 Å². The van der Waals surface area contributed by atoms with E-state index in [1.54, 1.807) is 14.2 Å². The number of aliphatic hydroxyl groups excluding tert-OH is 3. The fraction of sp³-hybridized carbons (Fsp3) is 0.657. The summed E-state index contributed by atoms with van der Waals surface area (Å²) in [6.45, 7) is 11.0. The van der Waals surface area contributed by atoms with Gasteiger partial charge in [-0.2, -0.15) is 0 Å². The maximum atomic E-state index is 10.2. The molecule has 2 aromatic rings. The highest BCUT2D eigenvalue weighted by Crippen LogP contribution is 2.36. The summed E-state index contributed by atoms with van der Waals surface area (Å²) in [5.74, 6) is 0.638. The molecule has 6 unspecified atom stereocenters. The lowest BCUT2D eigenvalue weighted by Crippen LogP contribution is -2.55. The van der Waals surface area contributed by atoms with Crippen LogP contribution < -0.4 is 0 Å². The summed E-state index contributed by atoms with van der Waals surface area (Å²) >= 11 is 0. The van der Waals surface area contributed by atoms with Crippen LogP contribution in [0.15, 0.2) is 60.7 Å². The molecule has 12 atom stereocenters. The average Bonchev–Trinajstić information content (AvgIpc) is 3.06. The molecule has 2 fully saturated rings. The lowest BCUT2D eigenvalue weighted by molar-refractivity contribution is -0.290. The third-order valence-electron chi connectivity index (χ3n) is 9.25. The average molecular weight is 619 g/mol. The minimum absolute atomic E-state index is 0.0503. The first kappa shape index (κ1) is 36.5. The van der Waals surface area contributed by atoms with Crippen LogP contribution in [0.3, 0.4) is 0 Å². The van der Waals surface area contributed by atoms with Crippen LogP contribution in [0.2, 0.25) is 0 Å². The van der Waals surface area contributed by atoms with Crippen LogP contribution in [-0.4, -0.2) is 85.3 Å². The SMILES string of the molecule is CCC(O)C1O[C@H](OC)[C@@H](OCc2ccccc2)C(C)[C@@H]1C.CO[C@H]1OC(C(O)CO)[C@@H](C)C(C)[C@@H]1OCc1ccccc1. The molecule has 2 aliphatic rings. The third kappa shape index (κ3) is 9.55. The molecular formula is C35H54O9. The van der Waals surface area contributed by atoms with Crippen molar-refractivity contribution in [3.05, 3.63) is 71.8 Å². The molecule has 0 spiro atoms. The largest absolute Gasteiger partial charge is 0.394 e. The number of ether oxygens (including phenoxy) is 6. The Kier molecular flexibility index (Phi) is 15.2. The molecule has 248 valence electrons. The topological polar surface area (TPSA) is 116 Å². The number of benzene rings is 2. The minimum Gasteiger partial charge on any atom is -0.394 e. The molecular weight excluding hydrogens is 564 g/mol. The molecule has 44 heavy (non-hydrogen) atoms. The van der Waals surface area contributed by atoms with Crippen LogP contribution in [0.1, 0.15) is 52.2 Å². The van der Waals surface area contributed by atoms with E-state index in [9.17, 15) is 10.2 Å². The van der Waals surface area contributed by atoms with Gasteiger partial charge in [0.2, 0.25) is 0 Å². The lowest BCUT2D eigenvalue weighted by atomic mass is 9.81. The fourth-order valence-electron chi connectivity index (χ4n) is 6.00. The Morgan fingerprint density at radius 3 is 1.36 bits per heavy atom. The number of hydrogen-bond donors (Lipinski definition) is 3. The van der Waals surface area contributed by atoms with Crippen molar-refractivity contribution in [2.45, 2.75) is 103 Å². The summed E-state index contributed by atoms with van der Waals surface area (Å²) in [5.41, 5.74) is 2.22. The molecule has 3 N–H and O–H groups in total. The Bertz CT molecular complexity index is 954. The highest BCUT2D eigenvalue weighted by Gasteiger charge is 2.45. The predicted molar refractivity (Wildman–Crippen MR) is 167 cm³/mol. The van der Waals surface area contributed by atoms with E-state index in [2.05, 4.69) is 20.8 Å². The summed E-state index contributed by atoms with van der Waals surface area (Å²) in [7, 11) is 3.19. The van der Waals surface area contributed by atoms with Gasteiger partial charge in [0, 0.05) is 14.2 Å². The van der Waals surface area contributed by atoms with Crippen molar-refractivity contribution in [3.8, 4) is 0 Å². The summed E-state index contributed by atoms with van der Waals surface area (Å²) in [6.07, 6.45) is -2.73. The zero-order chi connectivity index (χ0) is 32.2. The second kappa shape index (κ2) is 18.3. The van der Waals surface area contributed by atoms with Crippen molar-refractivity contribution in [2.24, 2.45) is 23.7 Å². The van der Waals surface area contributed by atoms with Crippen molar-refractivity contribution in [2.75, 3.05) is 20.8 Å². The van der Waals surface area contributed by atoms with E-state index in [1.807, 2.05) is 74.5 Å². The van der Waals surface area contributed by atoms with E-state index >= 15 is 0 Å². The Balaban J connectivity index is 0.000000240. The lowest BCUT2D eigenvalue weighted by Gasteiger charge is -2.45. The minimum atomic E-state index is -0.912. The molecule has 2 aliphatic heterocycles. The Morgan fingerprint density at radius 2 is 1.02 bits per heavy atom. The molecule has 9 nitrogen and oxygen atoms in total. The molecule has 0 aromatic heterocycles. The van der Waals surface area contributed by atoms with Crippen LogP contribution in [0, 0.1) is 23.7 Å². The van der Waals surface area contributed by atoms with Gasteiger partial charge < -0.3 is 43.7 Å². The highest BCUT2D eigenvalue weighted by molar-refractivity contribution is 5.14. The Labute approximate surface area is 263 Å². The van der Waals surface area contributed by atoms with Gasteiger partial charge in [0.1, 0.15) is 18.3 Å². The van der Waals surface area contributed by atoms with Crippen LogP contribution in [0.25, 0.3) is 0 Å². The van der Waals surface area contributed by atoms with Crippen LogP contribution in [0.5, 0.6) is 0 Å². The normalized spacial score (nSPS) is 33.6. The van der Waals surface area contributed by atoms with E-state index in [1.165, 1.54) is 0 Å². The number of aliphatic hydroxyl groups is 3. The first-order valence-corrected chi connectivity index (χ1v) is 15.8. The van der Waals surface area contributed by atoms with E-state index in [0.717, 1.165) is 11.1 Å². The Hall–Kier alpha value is -1.92. The van der Waals surface area contributed by atoms with Gasteiger partial charge in [0.05, 0.1) is 38.1 Å². The van der Waals surface area contributed by atoms with Crippen LogP contribution in [0.4, 0.5) is 0 Å². The van der Waals surface area contributed by atoms with Crippen molar-refractivity contribution in [3.63, 3.8) is 0 Å². The molecule has 2 heterocycles. The van der Waals surface area contributed by atoms with Gasteiger partial charge in [-0.25, -0.2) is 0 Å². The fourth-order valence-corrected chi connectivity index (χ4v) is 6.00. The van der Waals surface area contributed by atoms with Gasteiger partial charge in [-0.3, -0.25) is 0 Å². The monoisotopic (exact) mass is 618 g/mol. The smallest absolute Gasteiger partial charge is 0.184 e. The quantitative estimate of drug-likeness (QED) is 0.315. The first-order chi connectivity index (χ1) is 21.2.